The van der Waals surface area contributed by atoms with Gasteiger partial charge in [-0.25, -0.2) is 0 Å². The van der Waals surface area contributed by atoms with Gasteiger partial charge in [0.05, 0.1) is 0 Å². The lowest BCUT2D eigenvalue weighted by Gasteiger charge is -2.02. The lowest BCUT2D eigenvalue weighted by atomic mass is 10.4. The fourth-order valence-corrected chi connectivity index (χ4v) is 0.886. The van der Waals surface area contributed by atoms with Crippen LogP contribution in [0.2, 0.25) is 0 Å². The molecule has 0 amide bonds. The molecule has 0 aliphatic heterocycles. The minimum absolute atomic E-state index is 0.509. The summed E-state index contributed by atoms with van der Waals surface area (Å²) >= 11 is 0. The molecule has 0 heterocycles. The first kappa shape index (κ1) is 14.1. The predicted molar refractivity (Wildman–Crippen MR) is 63.9 cm³/mol. The number of aliphatic imine (C=N–C) groups is 1. The highest BCUT2D eigenvalue weighted by molar-refractivity contribution is 5.58. The molecule has 5 heteroatoms. The molecule has 0 aromatic heterocycles. The molecular formula is C10H22N4O. The van der Waals surface area contributed by atoms with Crippen LogP contribution in [-0.4, -0.2) is 44.7 Å². The standard InChI is InChI=1S/C10H22N4O/c1-11-5-3-6-13-8-9-14-7-4-10(15)12-2/h7-13,15H,3-6H2,1-2H3/b9-8+,14-7-. The molecule has 1 unspecified atom stereocenters. The van der Waals surface area contributed by atoms with Crippen molar-refractivity contribution in [3.05, 3.63) is 12.4 Å². The smallest absolute Gasteiger partial charge is 0.109 e. The lowest BCUT2D eigenvalue weighted by Crippen LogP contribution is -2.24. The Morgan fingerprint density at radius 3 is 2.80 bits per heavy atom. The summed E-state index contributed by atoms with van der Waals surface area (Å²) in [5, 5.41) is 18.0. The number of hydrogen-bond acceptors (Lipinski definition) is 5. The third kappa shape index (κ3) is 11.0. The summed E-state index contributed by atoms with van der Waals surface area (Å²) in [6.45, 7) is 1.95. The molecule has 0 fully saturated rings. The summed E-state index contributed by atoms with van der Waals surface area (Å²) in [7, 11) is 3.64. The number of hydrogen-bond donors (Lipinski definition) is 4. The maximum Gasteiger partial charge on any atom is 0.109 e. The Balaban J connectivity index is 3.29. The van der Waals surface area contributed by atoms with Gasteiger partial charge in [-0.15, -0.1) is 0 Å². The number of aliphatic hydroxyl groups excluding tert-OH is 1. The number of rotatable bonds is 9. The van der Waals surface area contributed by atoms with Gasteiger partial charge in [-0.05, 0) is 27.1 Å². The van der Waals surface area contributed by atoms with Crippen molar-refractivity contribution in [1.29, 1.82) is 0 Å². The predicted octanol–water partition coefficient (Wildman–Crippen LogP) is -0.345. The zero-order chi connectivity index (χ0) is 11.4. The van der Waals surface area contributed by atoms with Gasteiger partial charge in [-0.1, -0.05) is 0 Å². The van der Waals surface area contributed by atoms with E-state index < -0.39 is 6.23 Å². The topological polar surface area (TPSA) is 68.7 Å². The van der Waals surface area contributed by atoms with Gasteiger partial charge >= 0.3 is 0 Å². The van der Waals surface area contributed by atoms with Crippen LogP contribution in [0.4, 0.5) is 0 Å². The molecule has 1 atom stereocenters. The van der Waals surface area contributed by atoms with E-state index in [4.69, 9.17) is 5.11 Å². The molecule has 0 radical (unpaired) electrons. The van der Waals surface area contributed by atoms with Crippen molar-refractivity contribution in [3.8, 4) is 0 Å². The van der Waals surface area contributed by atoms with Crippen LogP contribution in [0.3, 0.4) is 0 Å². The van der Waals surface area contributed by atoms with Crippen molar-refractivity contribution >= 4 is 6.21 Å². The van der Waals surface area contributed by atoms with E-state index in [1.165, 1.54) is 0 Å². The number of aliphatic hydroxyl groups is 1. The van der Waals surface area contributed by atoms with Crippen molar-refractivity contribution in [1.82, 2.24) is 16.0 Å². The van der Waals surface area contributed by atoms with E-state index in [0.29, 0.717) is 6.42 Å². The Kier molecular flexibility index (Phi) is 10.5. The molecule has 0 rings (SSSR count). The highest BCUT2D eigenvalue weighted by Gasteiger charge is 1.93. The molecule has 5 nitrogen and oxygen atoms in total. The first-order valence-corrected chi connectivity index (χ1v) is 5.21. The van der Waals surface area contributed by atoms with Crippen molar-refractivity contribution < 1.29 is 5.11 Å². The SMILES string of the molecule is CNCCCN/C=C/N=C\CC(O)NC. The second-order valence-corrected chi connectivity index (χ2v) is 3.10. The third-order valence-corrected chi connectivity index (χ3v) is 1.79. The second-order valence-electron chi connectivity index (χ2n) is 3.10. The first-order chi connectivity index (χ1) is 7.31. The van der Waals surface area contributed by atoms with E-state index >= 15 is 0 Å². The average Bonchev–Trinajstić information content (AvgIpc) is 2.26. The summed E-state index contributed by atoms with van der Waals surface area (Å²) < 4.78 is 0. The normalized spacial score (nSPS) is 13.8. The van der Waals surface area contributed by atoms with Crippen molar-refractivity contribution in [2.75, 3.05) is 27.2 Å². The van der Waals surface area contributed by atoms with E-state index in [0.717, 1.165) is 19.5 Å². The maximum atomic E-state index is 9.11. The third-order valence-electron chi connectivity index (χ3n) is 1.79. The van der Waals surface area contributed by atoms with Gasteiger partial charge in [0.1, 0.15) is 6.23 Å². The van der Waals surface area contributed by atoms with Crippen LogP contribution in [0.5, 0.6) is 0 Å². The summed E-state index contributed by atoms with van der Waals surface area (Å²) in [6.07, 6.45) is 6.25. The molecule has 88 valence electrons. The molecule has 4 N–H and O–H groups in total. The van der Waals surface area contributed by atoms with Crippen molar-refractivity contribution in [2.24, 2.45) is 4.99 Å². The Hall–Kier alpha value is -0.910. The quantitative estimate of drug-likeness (QED) is 0.241. The van der Waals surface area contributed by atoms with E-state index in [9.17, 15) is 0 Å². The van der Waals surface area contributed by atoms with Gasteiger partial charge in [0, 0.05) is 31.6 Å². The first-order valence-electron chi connectivity index (χ1n) is 5.21. The van der Waals surface area contributed by atoms with E-state index in [1.807, 2.05) is 7.05 Å². The fourth-order valence-electron chi connectivity index (χ4n) is 0.886. The minimum Gasteiger partial charge on any atom is -0.390 e. The molecule has 0 bridgehead atoms. The van der Waals surface area contributed by atoms with Gasteiger partial charge in [-0.3, -0.25) is 10.3 Å². The van der Waals surface area contributed by atoms with Crippen LogP contribution >= 0.6 is 0 Å². The summed E-state index contributed by atoms with van der Waals surface area (Å²) in [4.78, 5) is 3.99. The van der Waals surface area contributed by atoms with Crippen LogP contribution in [0.25, 0.3) is 0 Å². The molecule has 0 spiro atoms. The zero-order valence-electron chi connectivity index (χ0n) is 9.53. The van der Waals surface area contributed by atoms with Gasteiger partial charge in [-0.2, -0.15) is 0 Å². The summed E-state index contributed by atoms with van der Waals surface area (Å²) in [6, 6.07) is 0. The molecule has 0 aliphatic carbocycles. The Bertz CT molecular complexity index is 182. The van der Waals surface area contributed by atoms with Crippen molar-refractivity contribution in [3.63, 3.8) is 0 Å². The van der Waals surface area contributed by atoms with Crippen LogP contribution in [0, 0.1) is 0 Å². The molecule has 0 aromatic carbocycles. The van der Waals surface area contributed by atoms with Gasteiger partial charge in [0.15, 0.2) is 0 Å². The second kappa shape index (κ2) is 11.2. The molecular weight excluding hydrogens is 192 g/mol. The van der Waals surface area contributed by atoms with E-state index in [1.54, 1.807) is 25.7 Å². The summed E-state index contributed by atoms with van der Waals surface area (Å²) in [5.74, 6) is 0. The fraction of sp³-hybridized carbons (Fsp3) is 0.700. The Morgan fingerprint density at radius 1 is 1.33 bits per heavy atom. The van der Waals surface area contributed by atoms with Crippen LogP contribution in [-0.2, 0) is 0 Å². The van der Waals surface area contributed by atoms with Crippen LogP contribution < -0.4 is 16.0 Å². The molecule has 0 aliphatic rings. The van der Waals surface area contributed by atoms with Crippen LogP contribution in [0.15, 0.2) is 17.4 Å². The zero-order valence-corrected chi connectivity index (χ0v) is 9.53. The monoisotopic (exact) mass is 214 g/mol. The Morgan fingerprint density at radius 2 is 2.13 bits per heavy atom. The van der Waals surface area contributed by atoms with Gasteiger partial charge in [0.2, 0.25) is 0 Å². The molecule has 0 saturated heterocycles. The van der Waals surface area contributed by atoms with Gasteiger partial charge in [0.25, 0.3) is 0 Å². The largest absolute Gasteiger partial charge is 0.390 e. The van der Waals surface area contributed by atoms with E-state index in [2.05, 4.69) is 20.9 Å². The average molecular weight is 214 g/mol. The van der Waals surface area contributed by atoms with Crippen molar-refractivity contribution in [2.45, 2.75) is 19.1 Å². The lowest BCUT2D eigenvalue weighted by molar-refractivity contribution is 0.156. The number of nitrogens with zero attached hydrogens (tertiary/aromatic N) is 1. The molecule has 0 aromatic rings. The Labute approximate surface area is 91.7 Å². The maximum absolute atomic E-state index is 9.11. The highest BCUT2D eigenvalue weighted by atomic mass is 16.3. The highest BCUT2D eigenvalue weighted by Crippen LogP contribution is 1.82. The minimum atomic E-state index is -0.509. The summed E-state index contributed by atoms with van der Waals surface area (Å²) in [5.41, 5.74) is 0. The van der Waals surface area contributed by atoms with E-state index in [-0.39, 0.29) is 0 Å². The molecule has 15 heavy (non-hydrogen) atoms. The number of nitrogens with one attached hydrogen (secondary N) is 3. The molecule has 0 saturated carbocycles. The van der Waals surface area contributed by atoms with Crippen LogP contribution in [0.1, 0.15) is 12.8 Å². The van der Waals surface area contributed by atoms with Gasteiger partial charge < -0.3 is 15.7 Å².